The number of aliphatic imine (C=N–C) groups is 1. The standard InChI is InChI=1S/C15H26FN3O/c1-4-7-20-12(3)17-11(2)19-6-5-14(10-19)18-15-8-13(16)9-15/h4,7,11,13-15,18H,5-6,8-10H2,1-3H3/b7-4+,17-12?. The normalized spacial score (nSPS) is 33.4. The average molecular weight is 283 g/mol. The summed E-state index contributed by atoms with van der Waals surface area (Å²) < 4.78 is 18.1. The molecule has 1 heterocycles. The van der Waals surface area contributed by atoms with Crippen LogP contribution in [0.5, 0.6) is 0 Å². The van der Waals surface area contributed by atoms with Crippen molar-refractivity contribution in [3.05, 3.63) is 12.3 Å². The van der Waals surface area contributed by atoms with E-state index in [-0.39, 0.29) is 6.17 Å². The van der Waals surface area contributed by atoms with Crippen molar-refractivity contribution in [3.63, 3.8) is 0 Å². The van der Waals surface area contributed by atoms with Crippen LogP contribution in [0.1, 0.15) is 40.0 Å². The maximum absolute atomic E-state index is 12.8. The summed E-state index contributed by atoms with van der Waals surface area (Å²) in [5.41, 5.74) is 0. The van der Waals surface area contributed by atoms with Gasteiger partial charge < -0.3 is 10.1 Å². The topological polar surface area (TPSA) is 36.9 Å². The first kappa shape index (κ1) is 15.4. The first-order valence-electron chi connectivity index (χ1n) is 7.55. The molecule has 114 valence electrons. The summed E-state index contributed by atoms with van der Waals surface area (Å²) in [6, 6.07) is 0.857. The second-order valence-electron chi connectivity index (χ2n) is 5.78. The third kappa shape index (κ3) is 4.28. The van der Waals surface area contributed by atoms with Gasteiger partial charge in [-0.05, 0) is 33.1 Å². The van der Waals surface area contributed by atoms with Gasteiger partial charge in [0.2, 0.25) is 0 Å². The molecule has 1 aliphatic carbocycles. The van der Waals surface area contributed by atoms with E-state index >= 15 is 0 Å². The van der Waals surface area contributed by atoms with E-state index in [4.69, 9.17) is 4.74 Å². The highest BCUT2D eigenvalue weighted by Gasteiger charge is 2.33. The molecular weight excluding hydrogens is 257 g/mol. The predicted octanol–water partition coefficient (Wildman–Crippen LogP) is 2.47. The van der Waals surface area contributed by atoms with Crippen molar-refractivity contribution in [1.29, 1.82) is 0 Å². The van der Waals surface area contributed by atoms with Crippen LogP contribution >= 0.6 is 0 Å². The fourth-order valence-corrected chi connectivity index (χ4v) is 2.82. The maximum atomic E-state index is 12.8. The molecule has 2 aliphatic rings. The first-order chi connectivity index (χ1) is 9.58. The number of halogens is 1. The minimum atomic E-state index is -0.583. The van der Waals surface area contributed by atoms with Crippen LogP contribution in [0.15, 0.2) is 17.3 Å². The Labute approximate surface area is 121 Å². The molecule has 0 radical (unpaired) electrons. The summed E-state index contributed by atoms with van der Waals surface area (Å²) in [5.74, 6) is 0.686. The third-order valence-corrected chi connectivity index (χ3v) is 4.04. The van der Waals surface area contributed by atoms with Crippen LogP contribution in [0.4, 0.5) is 4.39 Å². The number of alkyl halides is 1. The predicted molar refractivity (Wildman–Crippen MR) is 79.5 cm³/mol. The largest absolute Gasteiger partial charge is 0.452 e. The molecule has 0 aromatic carbocycles. The first-order valence-corrected chi connectivity index (χ1v) is 7.55. The molecule has 5 heteroatoms. The highest BCUT2D eigenvalue weighted by Crippen LogP contribution is 2.25. The number of nitrogens with one attached hydrogen (secondary N) is 1. The molecule has 2 unspecified atom stereocenters. The van der Waals surface area contributed by atoms with Crippen LogP contribution in [0.3, 0.4) is 0 Å². The fraction of sp³-hybridized carbons (Fsp3) is 0.800. The Bertz CT molecular complexity index is 366. The SMILES string of the molecule is C/C=C/OC(C)=NC(C)N1CCC(NC2CC(F)C2)C1. The zero-order valence-corrected chi connectivity index (χ0v) is 12.7. The summed E-state index contributed by atoms with van der Waals surface area (Å²) in [6.45, 7) is 7.89. The van der Waals surface area contributed by atoms with Gasteiger partial charge in [0.15, 0.2) is 5.90 Å². The second-order valence-corrected chi connectivity index (χ2v) is 5.78. The van der Waals surface area contributed by atoms with Crippen molar-refractivity contribution in [2.75, 3.05) is 13.1 Å². The smallest absolute Gasteiger partial charge is 0.187 e. The summed E-state index contributed by atoms with van der Waals surface area (Å²) in [4.78, 5) is 6.88. The van der Waals surface area contributed by atoms with E-state index in [1.807, 2.05) is 19.9 Å². The van der Waals surface area contributed by atoms with Crippen molar-refractivity contribution in [2.24, 2.45) is 4.99 Å². The Hall–Kier alpha value is -0.940. The van der Waals surface area contributed by atoms with Gasteiger partial charge in [-0.3, -0.25) is 4.90 Å². The molecule has 0 aromatic rings. The third-order valence-electron chi connectivity index (χ3n) is 4.04. The number of allylic oxidation sites excluding steroid dienone is 1. The van der Waals surface area contributed by atoms with Gasteiger partial charge in [-0.1, -0.05) is 6.08 Å². The zero-order chi connectivity index (χ0) is 14.5. The molecule has 1 aliphatic heterocycles. The quantitative estimate of drug-likeness (QED) is 0.478. The van der Waals surface area contributed by atoms with Gasteiger partial charge in [0, 0.05) is 32.1 Å². The Morgan fingerprint density at radius 2 is 2.20 bits per heavy atom. The number of hydrogen-bond acceptors (Lipinski definition) is 4. The van der Waals surface area contributed by atoms with Gasteiger partial charge in [0.1, 0.15) is 12.3 Å². The van der Waals surface area contributed by atoms with Gasteiger partial charge in [-0.15, -0.1) is 0 Å². The van der Waals surface area contributed by atoms with E-state index < -0.39 is 6.17 Å². The maximum Gasteiger partial charge on any atom is 0.187 e. The van der Waals surface area contributed by atoms with E-state index in [0.29, 0.717) is 30.8 Å². The molecule has 2 fully saturated rings. The van der Waals surface area contributed by atoms with E-state index in [1.165, 1.54) is 0 Å². The molecular formula is C15H26FN3O. The molecule has 4 nitrogen and oxygen atoms in total. The summed E-state index contributed by atoms with van der Waals surface area (Å²) in [7, 11) is 0. The van der Waals surface area contributed by atoms with Crippen molar-refractivity contribution >= 4 is 5.90 Å². The summed E-state index contributed by atoms with van der Waals surface area (Å²) in [6.07, 6.45) is 5.51. The van der Waals surface area contributed by atoms with E-state index in [2.05, 4.69) is 22.1 Å². The minimum Gasteiger partial charge on any atom is -0.452 e. The van der Waals surface area contributed by atoms with Crippen LogP contribution in [-0.2, 0) is 4.74 Å². The van der Waals surface area contributed by atoms with E-state index in [0.717, 1.165) is 19.5 Å². The molecule has 0 bridgehead atoms. The highest BCUT2D eigenvalue weighted by molar-refractivity contribution is 5.73. The number of hydrogen-bond donors (Lipinski definition) is 1. The molecule has 0 spiro atoms. The van der Waals surface area contributed by atoms with E-state index in [1.54, 1.807) is 6.26 Å². The Morgan fingerprint density at radius 3 is 2.85 bits per heavy atom. The monoisotopic (exact) mass is 283 g/mol. The Morgan fingerprint density at radius 1 is 1.45 bits per heavy atom. The molecule has 1 saturated heterocycles. The molecule has 20 heavy (non-hydrogen) atoms. The Balaban J connectivity index is 1.74. The molecule has 0 amide bonds. The van der Waals surface area contributed by atoms with Crippen molar-refractivity contribution in [3.8, 4) is 0 Å². The van der Waals surface area contributed by atoms with Crippen LogP contribution in [0.2, 0.25) is 0 Å². The minimum absolute atomic E-state index is 0.127. The number of nitrogens with zero attached hydrogens (tertiary/aromatic N) is 2. The number of rotatable bonds is 5. The van der Waals surface area contributed by atoms with Crippen molar-refractivity contribution < 1.29 is 9.13 Å². The summed E-state index contributed by atoms with van der Waals surface area (Å²) in [5, 5.41) is 3.55. The lowest BCUT2D eigenvalue weighted by Crippen LogP contribution is -2.48. The lowest BCUT2D eigenvalue weighted by molar-refractivity contribution is 0.145. The van der Waals surface area contributed by atoms with Gasteiger partial charge >= 0.3 is 0 Å². The van der Waals surface area contributed by atoms with E-state index in [9.17, 15) is 4.39 Å². The molecule has 2 rings (SSSR count). The highest BCUT2D eigenvalue weighted by atomic mass is 19.1. The average Bonchev–Trinajstić information content (AvgIpc) is 2.83. The molecule has 1 saturated carbocycles. The van der Waals surface area contributed by atoms with Gasteiger partial charge in [-0.2, -0.15) is 0 Å². The van der Waals surface area contributed by atoms with Crippen LogP contribution in [0, 0.1) is 0 Å². The van der Waals surface area contributed by atoms with Crippen molar-refractivity contribution in [2.45, 2.75) is 64.5 Å². The zero-order valence-electron chi connectivity index (χ0n) is 12.7. The fourth-order valence-electron chi connectivity index (χ4n) is 2.82. The lowest BCUT2D eigenvalue weighted by Gasteiger charge is -2.33. The molecule has 0 aromatic heterocycles. The lowest BCUT2D eigenvalue weighted by atomic mass is 9.90. The Kier molecular flexibility index (Phi) is 5.54. The van der Waals surface area contributed by atoms with Crippen LogP contribution in [-0.4, -0.2) is 48.3 Å². The van der Waals surface area contributed by atoms with Gasteiger partial charge in [-0.25, -0.2) is 9.38 Å². The van der Waals surface area contributed by atoms with Crippen LogP contribution < -0.4 is 5.32 Å². The number of ether oxygens (including phenoxy) is 1. The molecule has 2 atom stereocenters. The van der Waals surface area contributed by atoms with Crippen molar-refractivity contribution in [1.82, 2.24) is 10.2 Å². The van der Waals surface area contributed by atoms with Gasteiger partial charge in [0.25, 0.3) is 0 Å². The van der Waals surface area contributed by atoms with Gasteiger partial charge in [0.05, 0.1) is 6.26 Å². The summed E-state index contributed by atoms with van der Waals surface area (Å²) >= 11 is 0. The second kappa shape index (κ2) is 7.18. The number of likely N-dealkylation sites (tertiary alicyclic amines) is 1. The molecule has 1 N–H and O–H groups in total. The van der Waals surface area contributed by atoms with Crippen LogP contribution in [0.25, 0.3) is 0 Å².